The predicted octanol–water partition coefficient (Wildman–Crippen LogP) is 5.42. The average molecular weight is 326 g/mol. The summed E-state index contributed by atoms with van der Waals surface area (Å²) in [7, 11) is 0. The van der Waals surface area contributed by atoms with E-state index in [1.807, 2.05) is 62.4 Å². The van der Waals surface area contributed by atoms with Crippen LogP contribution in [0.3, 0.4) is 0 Å². The van der Waals surface area contributed by atoms with Gasteiger partial charge in [-0.2, -0.15) is 0 Å². The van der Waals surface area contributed by atoms with Gasteiger partial charge in [-0.1, -0.05) is 39.0 Å². The zero-order valence-electron chi connectivity index (χ0n) is 15.0. The van der Waals surface area contributed by atoms with Gasteiger partial charge in [-0.05, 0) is 55.2 Å². The third-order valence-electron chi connectivity index (χ3n) is 3.47. The highest BCUT2D eigenvalue weighted by Crippen LogP contribution is 2.29. The van der Waals surface area contributed by atoms with E-state index in [2.05, 4.69) is 31.4 Å². The van der Waals surface area contributed by atoms with Crippen LogP contribution in [0.15, 0.2) is 48.5 Å². The van der Waals surface area contributed by atoms with Crippen molar-refractivity contribution in [1.82, 2.24) is 0 Å². The van der Waals surface area contributed by atoms with E-state index >= 15 is 0 Å². The Labute approximate surface area is 144 Å². The molecule has 0 atom stereocenters. The Kier molecular flexibility index (Phi) is 5.50. The van der Waals surface area contributed by atoms with E-state index < -0.39 is 0 Å². The Hall–Kier alpha value is -2.49. The number of carbonyl (C=O) groups excluding carboxylic acids is 1. The summed E-state index contributed by atoms with van der Waals surface area (Å²) in [5.41, 5.74) is 2.60. The summed E-state index contributed by atoms with van der Waals surface area (Å²) >= 11 is 0. The highest BCUT2D eigenvalue weighted by atomic mass is 16.5. The van der Waals surface area contributed by atoms with Crippen LogP contribution in [0.2, 0.25) is 0 Å². The Balaban J connectivity index is 2.04. The van der Waals surface area contributed by atoms with Gasteiger partial charge in [0.2, 0.25) is 0 Å². The van der Waals surface area contributed by atoms with Crippen LogP contribution in [0.1, 0.15) is 40.2 Å². The maximum Gasteiger partial charge on any atom is 0.323 e. The monoisotopic (exact) mass is 326 g/mol. The van der Waals surface area contributed by atoms with Gasteiger partial charge in [0.1, 0.15) is 5.75 Å². The van der Waals surface area contributed by atoms with Crippen LogP contribution < -0.4 is 15.4 Å². The first-order chi connectivity index (χ1) is 11.3. The molecule has 0 heterocycles. The number of ether oxygens (including phenoxy) is 1. The number of rotatable bonds is 4. The lowest BCUT2D eigenvalue weighted by atomic mass is 9.86. The molecule has 0 fully saturated rings. The minimum Gasteiger partial charge on any atom is -0.491 e. The Morgan fingerprint density at radius 1 is 0.958 bits per heavy atom. The van der Waals surface area contributed by atoms with Gasteiger partial charge in [-0.25, -0.2) is 4.79 Å². The molecule has 0 aromatic heterocycles. The number of urea groups is 1. The van der Waals surface area contributed by atoms with Crippen molar-refractivity contribution in [2.75, 3.05) is 10.6 Å². The fourth-order valence-corrected chi connectivity index (χ4v) is 2.42. The molecule has 0 saturated carbocycles. The number of hydrogen-bond acceptors (Lipinski definition) is 2. The average Bonchev–Trinajstić information content (AvgIpc) is 2.48. The summed E-state index contributed by atoms with van der Waals surface area (Å²) in [5, 5.41) is 5.78. The molecular weight excluding hydrogens is 300 g/mol. The molecule has 2 aromatic rings. The first kappa shape index (κ1) is 17.9. The summed E-state index contributed by atoms with van der Waals surface area (Å²) in [4.78, 5) is 12.3. The molecule has 24 heavy (non-hydrogen) atoms. The molecule has 2 aromatic carbocycles. The van der Waals surface area contributed by atoms with Crippen LogP contribution in [0, 0.1) is 0 Å². The molecule has 0 aliphatic rings. The smallest absolute Gasteiger partial charge is 0.323 e. The first-order valence-corrected chi connectivity index (χ1v) is 8.20. The highest BCUT2D eigenvalue weighted by molar-refractivity contribution is 6.00. The molecule has 4 heteroatoms. The van der Waals surface area contributed by atoms with E-state index in [1.165, 1.54) is 0 Å². The Morgan fingerprint density at radius 3 is 2.17 bits per heavy atom. The van der Waals surface area contributed by atoms with E-state index in [1.54, 1.807) is 0 Å². The largest absolute Gasteiger partial charge is 0.491 e. The standard InChI is InChI=1S/C20H26N2O2/c1-14(2)24-16-12-10-15(11-13-16)21-19(23)22-18-9-7-6-8-17(18)20(3,4)5/h6-14H,1-5H3,(H2,21,22,23). The third-order valence-corrected chi connectivity index (χ3v) is 3.47. The fraction of sp³-hybridized carbons (Fsp3) is 0.350. The first-order valence-electron chi connectivity index (χ1n) is 8.20. The van der Waals surface area contributed by atoms with Crippen LogP contribution in [0.5, 0.6) is 5.75 Å². The Morgan fingerprint density at radius 2 is 1.58 bits per heavy atom. The number of anilines is 2. The van der Waals surface area contributed by atoms with Crippen molar-refractivity contribution in [1.29, 1.82) is 0 Å². The molecule has 0 unspecified atom stereocenters. The second kappa shape index (κ2) is 7.39. The molecule has 2 rings (SSSR count). The molecule has 4 nitrogen and oxygen atoms in total. The van der Waals surface area contributed by atoms with Crippen LogP contribution in [-0.2, 0) is 5.41 Å². The molecule has 0 spiro atoms. The van der Waals surface area contributed by atoms with E-state index in [4.69, 9.17) is 4.74 Å². The number of amides is 2. The quantitative estimate of drug-likeness (QED) is 0.788. The molecule has 0 aliphatic carbocycles. The predicted molar refractivity (Wildman–Crippen MR) is 100.0 cm³/mol. The van der Waals surface area contributed by atoms with Gasteiger partial charge in [0.25, 0.3) is 0 Å². The molecule has 128 valence electrons. The number of carbonyl (C=O) groups is 1. The van der Waals surface area contributed by atoms with Gasteiger partial charge in [0.05, 0.1) is 6.10 Å². The topological polar surface area (TPSA) is 50.4 Å². The molecular formula is C20H26N2O2. The van der Waals surface area contributed by atoms with E-state index in [-0.39, 0.29) is 17.6 Å². The molecule has 0 aliphatic heterocycles. The second-order valence-corrected chi connectivity index (χ2v) is 7.07. The summed E-state index contributed by atoms with van der Waals surface area (Å²) in [5.74, 6) is 0.786. The van der Waals surface area contributed by atoms with Crippen molar-refractivity contribution in [3.8, 4) is 5.75 Å². The summed E-state index contributed by atoms with van der Waals surface area (Å²) in [6.45, 7) is 10.3. The van der Waals surface area contributed by atoms with E-state index in [0.717, 1.165) is 22.7 Å². The van der Waals surface area contributed by atoms with Gasteiger partial charge < -0.3 is 15.4 Å². The summed E-state index contributed by atoms with van der Waals surface area (Å²) in [6.07, 6.45) is 0.126. The van der Waals surface area contributed by atoms with Gasteiger partial charge >= 0.3 is 6.03 Å². The second-order valence-electron chi connectivity index (χ2n) is 7.07. The lowest BCUT2D eigenvalue weighted by Crippen LogP contribution is -2.22. The van der Waals surface area contributed by atoms with Crippen LogP contribution >= 0.6 is 0 Å². The number of para-hydroxylation sites is 1. The van der Waals surface area contributed by atoms with Crippen LogP contribution in [0.4, 0.5) is 16.2 Å². The minimum atomic E-state index is -0.260. The lowest BCUT2D eigenvalue weighted by Gasteiger charge is -2.23. The van der Waals surface area contributed by atoms with Gasteiger partial charge in [-0.3, -0.25) is 0 Å². The highest BCUT2D eigenvalue weighted by Gasteiger charge is 2.18. The summed E-state index contributed by atoms with van der Waals surface area (Å²) in [6, 6.07) is 14.9. The third kappa shape index (κ3) is 5.01. The molecule has 0 bridgehead atoms. The van der Waals surface area contributed by atoms with Crippen molar-refractivity contribution < 1.29 is 9.53 Å². The van der Waals surface area contributed by atoms with Crippen molar-refractivity contribution in [2.45, 2.75) is 46.1 Å². The maximum atomic E-state index is 12.3. The van der Waals surface area contributed by atoms with E-state index in [9.17, 15) is 4.79 Å². The SMILES string of the molecule is CC(C)Oc1ccc(NC(=O)Nc2ccccc2C(C)(C)C)cc1. The minimum absolute atomic E-state index is 0.0420. The van der Waals surface area contributed by atoms with Crippen molar-refractivity contribution in [3.05, 3.63) is 54.1 Å². The van der Waals surface area contributed by atoms with Crippen molar-refractivity contribution >= 4 is 17.4 Å². The zero-order chi connectivity index (χ0) is 17.7. The maximum absolute atomic E-state index is 12.3. The number of nitrogens with one attached hydrogen (secondary N) is 2. The Bertz CT molecular complexity index is 686. The fourth-order valence-electron chi connectivity index (χ4n) is 2.42. The number of benzene rings is 2. The normalized spacial score (nSPS) is 11.2. The molecule has 2 N–H and O–H groups in total. The number of hydrogen-bond donors (Lipinski definition) is 2. The lowest BCUT2D eigenvalue weighted by molar-refractivity contribution is 0.242. The summed E-state index contributed by atoms with van der Waals surface area (Å²) < 4.78 is 5.59. The van der Waals surface area contributed by atoms with Crippen LogP contribution in [0.25, 0.3) is 0 Å². The van der Waals surface area contributed by atoms with Crippen molar-refractivity contribution in [2.24, 2.45) is 0 Å². The molecule has 0 radical (unpaired) electrons. The van der Waals surface area contributed by atoms with Gasteiger partial charge in [-0.15, -0.1) is 0 Å². The zero-order valence-corrected chi connectivity index (χ0v) is 15.0. The van der Waals surface area contributed by atoms with Gasteiger partial charge in [0, 0.05) is 11.4 Å². The molecule has 2 amide bonds. The molecule has 0 saturated heterocycles. The van der Waals surface area contributed by atoms with Gasteiger partial charge in [0.15, 0.2) is 0 Å². The van der Waals surface area contributed by atoms with Crippen molar-refractivity contribution in [3.63, 3.8) is 0 Å². The van der Waals surface area contributed by atoms with Crippen LogP contribution in [-0.4, -0.2) is 12.1 Å². The van der Waals surface area contributed by atoms with E-state index in [0.29, 0.717) is 0 Å².